The lowest BCUT2D eigenvalue weighted by molar-refractivity contribution is 0.0743. The minimum absolute atomic E-state index is 0.203. The highest BCUT2D eigenvalue weighted by molar-refractivity contribution is 6.32. The first-order valence-electron chi connectivity index (χ1n) is 9.71. The molecule has 1 N–H and O–H groups in total. The molecule has 1 saturated heterocycles. The van der Waals surface area contributed by atoms with Crippen LogP contribution in [0.15, 0.2) is 48.5 Å². The SMILES string of the molecule is Cc1c(C(=O)NN2CCCCC2)nn(-c2ccccc2Cl)c1-c1ccc(Cl)cc1. The number of hydrogen-bond donors (Lipinski definition) is 1. The van der Waals surface area contributed by atoms with E-state index in [2.05, 4.69) is 10.5 Å². The first kappa shape index (κ1) is 20.0. The molecule has 1 amide bonds. The number of nitrogens with zero attached hydrogens (tertiary/aromatic N) is 3. The second-order valence-corrected chi connectivity index (χ2v) is 8.02. The number of hydrazine groups is 1. The molecule has 1 aromatic heterocycles. The molecule has 0 radical (unpaired) electrons. The van der Waals surface area contributed by atoms with Gasteiger partial charge in [-0.15, -0.1) is 0 Å². The van der Waals surface area contributed by atoms with Crippen molar-refractivity contribution in [2.75, 3.05) is 13.1 Å². The Bertz CT molecular complexity index is 1020. The van der Waals surface area contributed by atoms with Crippen molar-refractivity contribution in [1.82, 2.24) is 20.2 Å². The Balaban J connectivity index is 1.79. The lowest BCUT2D eigenvalue weighted by Crippen LogP contribution is -2.45. The summed E-state index contributed by atoms with van der Waals surface area (Å²) in [6.45, 7) is 3.63. The Hall–Kier alpha value is -2.34. The zero-order chi connectivity index (χ0) is 20.4. The van der Waals surface area contributed by atoms with Gasteiger partial charge in [0.15, 0.2) is 5.69 Å². The quantitative estimate of drug-likeness (QED) is 0.614. The fourth-order valence-corrected chi connectivity index (χ4v) is 4.00. The van der Waals surface area contributed by atoms with E-state index in [0.717, 1.165) is 48.4 Å². The lowest BCUT2D eigenvalue weighted by Gasteiger charge is -2.26. The smallest absolute Gasteiger partial charge is 0.283 e. The van der Waals surface area contributed by atoms with Crippen LogP contribution in [0.2, 0.25) is 10.0 Å². The van der Waals surface area contributed by atoms with Crippen LogP contribution in [0.1, 0.15) is 35.3 Å². The maximum Gasteiger partial charge on any atom is 0.286 e. The molecule has 7 heteroatoms. The number of benzene rings is 2. The topological polar surface area (TPSA) is 50.2 Å². The highest BCUT2D eigenvalue weighted by Gasteiger charge is 2.24. The summed E-state index contributed by atoms with van der Waals surface area (Å²) < 4.78 is 1.74. The Morgan fingerprint density at radius 2 is 1.69 bits per heavy atom. The average molecular weight is 429 g/mol. The number of nitrogens with one attached hydrogen (secondary N) is 1. The zero-order valence-electron chi connectivity index (χ0n) is 16.2. The molecule has 0 aliphatic carbocycles. The van der Waals surface area contributed by atoms with E-state index in [0.29, 0.717) is 15.7 Å². The monoisotopic (exact) mass is 428 g/mol. The van der Waals surface area contributed by atoms with Crippen LogP contribution in [-0.4, -0.2) is 33.8 Å². The van der Waals surface area contributed by atoms with Crippen LogP contribution in [0, 0.1) is 6.92 Å². The van der Waals surface area contributed by atoms with E-state index in [1.54, 1.807) is 4.68 Å². The zero-order valence-corrected chi connectivity index (χ0v) is 17.7. The minimum Gasteiger partial charge on any atom is -0.283 e. The van der Waals surface area contributed by atoms with Crippen molar-refractivity contribution in [2.24, 2.45) is 0 Å². The molecule has 2 heterocycles. The minimum atomic E-state index is -0.203. The van der Waals surface area contributed by atoms with E-state index in [-0.39, 0.29) is 5.91 Å². The van der Waals surface area contributed by atoms with Crippen molar-refractivity contribution in [3.63, 3.8) is 0 Å². The summed E-state index contributed by atoms with van der Waals surface area (Å²) >= 11 is 12.5. The second-order valence-electron chi connectivity index (χ2n) is 7.18. The van der Waals surface area contributed by atoms with E-state index in [1.807, 2.05) is 60.5 Å². The Morgan fingerprint density at radius 3 is 2.38 bits per heavy atom. The molecule has 1 fully saturated rings. The molecule has 0 saturated carbocycles. The van der Waals surface area contributed by atoms with Crippen LogP contribution >= 0.6 is 23.2 Å². The summed E-state index contributed by atoms with van der Waals surface area (Å²) in [7, 11) is 0. The molecule has 0 unspecified atom stereocenters. The van der Waals surface area contributed by atoms with Crippen molar-refractivity contribution < 1.29 is 4.79 Å². The van der Waals surface area contributed by atoms with Crippen LogP contribution in [0.4, 0.5) is 0 Å². The summed E-state index contributed by atoms with van der Waals surface area (Å²) in [5, 5.41) is 7.85. The molecule has 5 nitrogen and oxygen atoms in total. The van der Waals surface area contributed by atoms with Crippen LogP contribution < -0.4 is 5.43 Å². The van der Waals surface area contributed by atoms with E-state index < -0.39 is 0 Å². The van der Waals surface area contributed by atoms with Gasteiger partial charge in [0, 0.05) is 29.2 Å². The molecule has 0 spiro atoms. The summed E-state index contributed by atoms with van der Waals surface area (Å²) in [4.78, 5) is 13.0. The van der Waals surface area contributed by atoms with Crippen molar-refractivity contribution in [2.45, 2.75) is 26.2 Å². The van der Waals surface area contributed by atoms with E-state index in [1.165, 1.54) is 6.42 Å². The summed E-state index contributed by atoms with van der Waals surface area (Å²) in [6, 6.07) is 15.0. The number of para-hydroxylation sites is 1. The molecular weight excluding hydrogens is 407 g/mol. The van der Waals surface area contributed by atoms with Gasteiger partial charge in [-0.1, -0.05) is 53.9 Å². The normalized spacial score (nSPS) is 14.7. The molecule has 1 aliphatic heterocycles. The van der Waals surface area contributed by atoms with Gasteiger partial charge in [-0.3, -0.25) is 10.2 Å². The first-order valence-corrected chi connectivity index (χ1v) is 10.5. The predicted molar refractivity (Wildman–Crippen MR) is 117 cm³/mol. The highest BCUT2D eigenvalue weighted by Crippen LogP contribution is 2.32. The molecule has 150 valence electrons. The molecule has 0 bridgehead atoms. The maximum atomic E-state index is 13.0. The van der Waals surface area contributed by atoms with Gasteiger partial charge in [-0.05, 0) is 44.0 Å². The molecule has 4 rings (SSSR count). The van der Waals surface area contributed by atoms with Gasteiger partial charge in [0.2, 0.25) is 0 Å². The standard InChI is InChI=1S/C22H22Cl2N4O/c1-15-20(22(29)26-27-13-5-2-6-14-27)25-28(19-8-4-3-7-18(19)24)21(15)16-9-11-17(23)12-10-16/h3-4,7-12H,2,5-6,13-14H2,1H3,(H,26,29). The van der Waals surface area contributed by atoms with Gasteiger partial charge >= 0.3 is 0 Å². The van der Waals surface area contributed by atoms with Crippen LogP contribution in [0.25, 0.3) is 16.9 Å². The number of carbonyl (C=O) groups excluding carboxylic acids is 1. The average Bonchev–Trinajstić information content (AvgIpc) is 3.07. The first-order chi connectivity index (χ1) is 14.0. The third kappa shape index (κ3) is 4.17. The van der Waals surface area contributed by atoms with Crippen molar-refractivity contribution in [1.29, 1.82) is 0 Å². The largest absolute Gasteiger partial charge is 0.286 e. The fraction of sp³-hybridized carbons (Fsp3) is 0.273. The third-order valence-electron chi connectivity index (χ3n) is 5.15. The van der Waals surface area contributed by atoms with Crippen molar-refractivity contribution in [3.05, 3.63) is 69.8 Å². The maximum absolute atomic E-state index is 13.0. The van der Waals surface area contributed by atoms with E-state index in [9.17, 15) is 4.79 Å². The number of aromatic nitrogens is 2. The molecule has 0 atom stereocenters. The van der Waals surface area contributed by atoms with Crippen molar-refractivity contribution >= 4 is 29.1 Å². The summed E-state index contributed by atoms with van der Waals surface area (Å²) in [5.41, 5.74) is 6.64. The number of halogens is 2. The summed E-state index contributed by atoms with van der Waals surface area (Å²) in [5.74, 6) is -0.203. The van der Waals surface area contributed by atoms with Gasteiger partial charge in [0.1, 0.15) is 0 Å². The predicted octanol–water partition coefficient (Wildman–Crippen LogP) is 5.29. The number of amides is 1. The molecule has 3 aromatic rings. The summed E-state index contributed by atoms with van der Waals surface area (Å²) in [6.07, 6.45) is 3.37. The van der Waals surface area contributed by atoms with Gasteiger partial charge in [0.25, 0.3) is 5.91 Å². The van der Waals surface area contributed by atoms with Gasteiger partial charge in [0.05, 0.1) is 16.4 Å². The van der Waals surface area contributed by atoms with Gasteiger partial charge in [-0.2, -0.15) is 5.10 Å². The number of carbonyl (C=O) groups is 1. The number of hydrogen-bond acceptors (Lipinski definition) is 3. The lowest BCUT2D eigenvalue weighted by atomic mass is 10.1. The van der Waals surface area contributed by atoms with E-state index >= 15 is 0 Å². The van der Waals surface area contributed by atoms with Crippen LogP contribution in [-0.2, 0) is 0 Å². The van der Waals surface area contributed by atoms with Gasteiger partial charge < -0.3 is 0 Å². The molecule has 29 heavy (non-hydrogen) atoms. The Kier molecular flexibility index (Phi) is 5.90. The molecule has 1 aliphatic rings. The number of piperidine rings is 1. The van der Waals surface area contributed by atoms with Crippen LogP contribution in [0.3, 0.4) is 0 Å². The second kappa shape index (κ2) is 8.57. The fourth-order valence-electron chi connectivity index (χ4n) is 3.66. The number of rotatable bonds is 4. The van der Waals surface area contributed by atoms with Crippen molar-refractivity contribution in [3.8, 4) is 16.9 Å². The van der Waals surface area contributed by atoms with E-state index in [4.69, 9.17) is 23.2 Å². The van der Waals surface area contributed by atoms with Crippen LogP contribution in [0.5, 0.6) is 0 Å². The van der Waals surface area contributed by atoms with Gasteiger partial charge in [-0.25, -0.2) is 9.69 Å². The Labute approximate surface area is 180 Å². The highest BCUT2D eigenvalue weighted by atomic mass is 35.5. The molecular formula is C22H22Cl2N4O. The third-order valence-corrected chi connectivity index (χ3v) is 5.72. The Morgan fingerprint density at radius 1 is 1.00 bits per heavy atom. The molecule has 2 aromatic carbocycles.